The van der Waals surface area contributed by atoms with Crippen molar-refractivity contribution in [2.75, 3.05) is 13.6 Å². The molecule has 4 nitrogen and oxygen atoms in total. The zero-order chi connectivity index (χ0) is 17.5. The largest absolute Gasteiger partial charge is 0.301 e. The van der Waals surface area contributed by atoms with Crippen molar-refractivity contribution in [2.45, 2.75) is 45.1 Å². The molecule has 8 atom stereocenters. The maximum atomic E-state index is 13.4. The summed E-state index contributed by atoms with van der Waals surface area (Å²) in [5, 5.41) is 0. The Balaban J connectivity index is 1.68. The van der Waals surface area contributed by atoms with Crippen LogP contribution in [-0.2, 0) is 14.4 Å². The number of allylic oxidation sites excluding steroid dienone is 1. The Morgan fingerprint density at radius 3 is 2.64 bits per heavy atom. The van der Waals surface area contributed by atoms with E-state index in [1.807, 2.05) is 0 Å². The fourth-order valence-electron chi connectivity index (χ4n) is 9.39. The molecule has 1 saturated heterocycles. The van der Waals surface area contributed by atoms with Gasteiger partial charge >= 0.3 is 0 Å². The summed E-state index contributed by atoms with van der Waals surface area (Å²) in [4.78, 5) is 42.0. The number of hydrogen-bond acceptors (Lipinski definition) is 4. The standard InChI is InChI=1S/C21H25NO3/c1-10-5-20-8-13(24)17-19(2)6-11(23)7-21(17)14(20)4-12(10)16(25)15(20)18(21)22(3)9-19/h12,14-15,17-18H,1,4-9H2,2-3H3/t12-,14+,15+,17+,18+,19-,20+,21+/m0/s1. The third-order valence-corrected chi connectivity index (χ3v) is 9.25. The first-order valence-electron chi connectivity index (χ1n) is 9.71. The molecular formula is C21H25NO3. The number of ketones is 3. The third kappa shape index (κ3) is 1.27. The molecule has 7 rings (SSSR count). The van der Waals surface area contributed by atoms with Crippen molar-refractivity contribution in [3.63, 3.8) is 0 Å². The number of carbonyl (C=O) groups excluding carboxylic acids is 3. The van der Waals surface area contributed by atoms with Crippen LogP contribution in [0, 0.1) is 39.9 Å². The van der Waals surface area contributed by atoms with Crippen LogP contribution in [0.15, 0.2) is 12.2 Å². The molecule has 0 unspecified atom stereocenters. The lowest BCUT2D eigenvalue weighted by atomic mass is 9.39. The van der Waals surface area contributed by atoms with Gasteiger partial charge in [0.1, 0.15) is 17.3 Å². The van der Waals surface area contributed by atoms with Gasteiger partial charge in [0.15, 0.2) is 0 Å². The highest BCUT2D eigenvalue weighted by Crippen LogP contribution is 2.80. The Hall–Kier alpha value is -1.29. The zero-order valence-electron chi connectivity index (χ0n) is 15.0. The molecule has 0 aromatic rings. The third-order valence-electron chi connectivity index (χ3n) is 9.25. The van der Waals surface area contributed by atoms with E-state index in [-0.39, 0.29) is 40.0 Å². The molecule has 0 radical (unpaired) electrons. The highest BCUT2D eigenvalue weighted by molar-refractivity contribution is 5.98. The van der Waals surface area contributed by atoms with Crippen molar-refractivity contribution in [2.24, 2.45) is 39.9 Å². The van der Waals surface area contributed by atoms with Gasteiger partial charge in [0, 0.05) is 55.0 Å². The molecule has 6 aliphatic carbocycles. The van der Waals surface area contributed by atoms with Crippen LogP contribution in [0.4, 0.5) is 0 Å². The molecule has 25 heavy (non-hydrogen) atoms. The second kappa shape index (κ2) is 3.85. The minimum Gasteiger partial charge on any atom is -0.301 e. The molecule has 0 amide bonds. The van der Waals surface area contributed by atoms with Gasteiger partial charge in [0.05, 0.1) is 0 Å². The van der Waals surface area contributed by atoms with Gasteiger partial charge < -0.3 is 4.90 Å². The predicted molar refractivity (Wildman–Crippen MR) is 90.6 cm³/mol. The number of Topliss-reactive ketones (excluding diaryl/α,β-unsaturated/α-hetero) is 3. The van der Waals surface area contributed by atoms with E-state index >= 15 is 0 Å². The summed E-state index contributed by atoms with van der Waals surface area (Å²) in [5.41, 5.74) is 0.266. The van der Waals surface area contributed by atoms with Crippen LogP contribution < -0.4 is 0 Å². The number of hydrogen-bond donors (Lipinski definition) is 0. The van der Waals surface area contributed by atoms with E-state index in [0.29, 0.717) is 42.5 Å². The maximum absolute atomic E-state index is 13.4. The van der Waals surface area contributed by atoms with Gasteiger partial charge in [-0.15, -0.1) is 0 Å². The van der Waals surface area contributed by atoms with Gasteiger partial charge in [-0.05, 0) is 36.6 Å². The maximum Gasteiger partial charge on any atom is 0.145 e. The van der Waals surface area contributed by atoms with Crippen LogP contribution in [0.1, 0.15) is 39.0 Å². The van der Waals surface area contributed by atoms with E-state index in [1.54, 1.807) is 0 Å². The van der Waals surface area contributed by atoms with Crippen LogP contribution in [0.5, 0.6) is 0 Å². The molecule has 132 valence electrons. The normalized spacial score (nSPS) is 58.9. The summed E-state index contributed by atoms with van der Waals surface area (Å²) < 4.78 is 0. The van der Waals surface area contributed by atoms with Crippen LogP contribution in [0.2, 0.25) is 0 Å². The molecule has 0 aromatic carbocycles. The van der Waals surface area contributed by atoms with Gasteiger partial charge in [-0.2, -0.15) is 0 Å². The van der Waals surface area contributed by atoms with Gasteiger partial charge in [0.25, 0.3) is 0 Å². The van der Waals surface area contributed by atoms with E-state index in [0.717, 1.165) is 25.0 Å². The summed E-state index contributed by atoms with van der Waals surface area (Å²) in [6.45, 7) is 7.13. The van der Waals surface area contributed by atoms with E-state index in [9.17, 15) is 14.4 Å². The fraction of sp³-hybridized carbons (Fsp3) is 0.762. The molecule has 6 saturated carbocycles. The lowest BCUT2D eigenvalue weighted by Gasteiger charge is -2.65. The minimum absolute atomic E-state index is 0.0256. The van der Waals surface area contributed by atoms with Crippen molar-refractivity contribution >= 4 is 17.3 Å². The van der Waals surface area contributed by atoms with E-state index < -0.39 is 0 Å². The Bertz CT molecular complexity index is 801. The highest BCUT2D eigenvalue weighted by atomic mass is 16.1. The predicted octanol–water partition coefficient (Wildman–Crippen LogP) is 2.03. The molecule has 7 fully saturated rings. The second-order valence-electron chi connectivity index (χ2n) is 10.4. The molecule has 2 spiro atoms. The number of nitrogens with zero attached hydrogens (tertiary/aromatic N) is 1. The van der Waals surface area contributed by atoms with E-state index in [2.05, 4.69) is 25.5 Å². The fourth-order valence-corrected chi connectivity index (χ4v) is 9.39. The molecule has 0 aromatic heterocycles. The summed E-state index contributed by atoms with van der Waals surface area (Å²) >= 11 is 0. The topological polar surface area (TPSA) is 54.5 Å². The second-order valence-corrected chi connectivity index (χ2v) is 10.4. The Morgan fingerprint density at radius 1 is 1.12 bits per heavy atom. The van der Waals surface area contributed by atoms with Crippen molar-refractivity contribution in [1.82, 2.24) is 4.90 Å². The average Bonchev–Trinajstić information content (AvgIpc) is 2.57. The first-order valence-corrected chi connectivity index (χ1v) is 9.71. The molecule has 6 bridgehead atoms. The van der Waals surface area contributed by atoms with Crippen LogP contribution in [-0.4, -0.2) is 41.9 Å². The number of carbonyl (C=O) groups is 3. The highest BCUT2D eigenvalue weighted by Gasteiger charge is 2.83. The smallest absolute Gasteiger partial charge is 0.145 e. The molecular weight excluding hydrogens is 314 g/mol. The van der Waals surface area contributed by atoms with Crippen molar-refractivity contribution in [1.29, 1.82) is 0 Å². The first kappa shape index (κ1) is 14.8. The van der Waals surface area contributed by atoms with Gasteiger partial charge in [-0.25, -0.2) is 0 Å². The van der Waals surface area contributed by atoms with Crippen LogP contribution in [0.3, 0.4) is 0 Å². The van der Waals surface area contributed by atoms with Gasteiger partial charge in [-0.3, -0.25) is 14.4 Å². The number of likely N-dealkylation sites (tertiary alicyclic amines) is 1. The molecule has 0 N–H and O–H groups in total. The van der Waals surface area contributed by atoms with E-state index in [4.69, 9.17) is 0 Å². The Labute approximate surface area is 148 Å². The van der Waals surface area contributed by atoms with Crippen molar-refractivity contribution in [3.05, 3.63) is 12.2 Å². The first-order chi connectivity index (χ1) is 11.7. The molecule has 1 aliphatic heterocycles. The SMILES string of the molecule is C=C1C[C@@]23CC(=O)[C@@H]4[C@@]5(C)CC(=O)C[C@@]46[C@@H]2C[C@@H]1C(=O)[C@@H]3[C@H]6N(C)C5. The summed E-state index contributed by atoms with van der Waals surface area (Å²) in [5.74, 6) is 1.22. The van der Waals surface area contributed by atoms with Crippen LogP contribution in [0.25, 0.3) is 0 Å². The summed E-state index contributed by atoms with van der Waals surface area (Å²) in [6, 6.07) is 0.0804. The van der Waals surface area contributed by atoms with Crippen molar-refractivity contribution in [3.8, 4) is 0 Å². The summed E-state index contributed by atoms with van der Waals surface area (Å²) in [6.07, 6.45) is 3.25. The number of fused-ring (bicyclic) bond motifs is 1. The number of piperidine rings is 1. The van der Waals surface area contributed by atoms with Crippen molar-refractivity contribution < 1.29 is 14.4 Å². The van der Waals surface area contributed by atoms with Gasteiger partial charge in [0.2, 0.25) is 0 Å². The molecule has 1 heterocycles. The Kier molecular flexibility index (Phi) is 2.29. The van der Waals surface area contributed by atoms with E-state index in [1.165, 1.54) is 0 Å². The van der Waals surface area contributed by atoms with Crippen LogP contribution >= 0.6 is 0 Å². The monoisotopic (exact) mass is 339 g/mol. The van der Waals surface area contributed by atoms with Gasteiger partial charge in [-0.1, -0.05) is 19.1 Å². The lowest BCUT2D eigenvalue weighted by Crippen LogP contribution is -2.69. The minimum atomic E-state index is -0.289. The quantitative estimate of drug-likeness (QED) is 0.634. The zero-order valence-corrected chi connectivity index (χ0v) is 15.0. The summed E-state index contributed by atoms with van der Waals surface area (Å²) in [7, 11) is 2.13. The average molecular weight is 339 g/mol. The lowest BCUT2D eigenvalue weighted by molar-refractivity contribution is -0.186. The molecule has 7 aliphatic rings. The molecule has 4 heteroatoms. The number of rotatable bonds is 0. The Morgan fingerprint density at radius 2 is 1.88 bits per heavy atom.